The molecule has 2 rings (SSSR count). The lowest BCUT2D eigenvalue weighted by Crippen LogP contribution is -2.42. The van der Waals surface area contributed by atoms with E-state index in [9.17, 15) is 8.42 Å². The second-order valence-corrected chi connectivity index (χ2v) is 8.89. The van der Waals surface area contributed by atoms with Crippen molar-refractivity contribution in [2.75, 3.05) is 19.6 Å². The molecule has 0 radical (unpaired) electrons. The minimum atomic E-state index is -3.41. The lowest BCUT2D eigenvalue weighted by Gasteiger charge is -2.34. The van der Waals surface area contributed by atoms with Gasteiger partial charge in [0.15, 0.2) is 0 Å². The van der Waals surface area contributed by atoms with Gasteiger partial charge in [-0.15, -0.1) is 0 Å². The van der Waals surface area contributed by atoms with Crippen molar-refractivity contribution in [1.29, 1.82) is 0 Å². The van der Waals surface area contributed by atoms with Crippen molar-refractivity contribution in [3.63, 3.8) is 0 Å². The molecule has 1 aromatic rings. The SMILES string of the molecule is CC(C)Cc1ccc(S(=O)(=O)NCC2(C)CCNCC2)cc1. The second-order valence-electron chi connectivity index (χ2n) is 7.13. The molecule has 0 amide bonds. The second kappa shape index (κ2) is 7.11. The van der Waals surface area contributed by atoms with Gasteiger partial charge in [-0.3, -0.25) is 0 Å². The average Bonchev–Trinajstić information content (AvgIpc) is 2.46. The summed E-state index contributed by atoms with van der Waals surface area (Å²) in [5.74, 6) is 0.570. The topological polar surface area (TPSA) is 58.2 Å². The summed E-state index contributed by atoms with van der Waals surface area (Å²) in [4.78, 5) is 0.359. The minimum Gasteiger partial charge on any atom is -0.317 e. The Morgan fingerprint density at radius 1 is 1.18 bits per heavy atom. The van der Waals surface area contributed by atoms with Gasteiger partial charge in [0.1, 0.15) is 0 Å². The summed E-state index contributed by atoms with van der Waals surface area (Å²) >= 11 is 0. The van der Waals surface area contributed by atoms with Crippen LogP contribution in [0.25, 0.3) is 0 Å². The Labute approximate surface area is 134 Å². The molecule has 1 saturated heterocycles. The molecule has 0 unspecified atom stereocenters. The predicted octanol–water partition coefficient (Wildman–Crippen LogP) is 2.55. The number of sulfonamides is 1. The van der Waals surface area contributed by atoms with E-state index in [1.54, 1.807) is 12.1 Å². The molecular formula is C17H28N2O2S. The fourth-order valence-corrected chi connectivity index (χ4v) is 4.04. The third-order valence-electron chi connectivity index (χ3n) is 4.38. The van der Waals surface area contributed by atoms with Crippen LogP contribution in [0.2, 0.25) is 0 Å². The fraction of sp³-hybridized carbons (Fsp3) is 0.647. The maximum absolute atomic E-state index is 12.4. The van der Waals surface area contributed by atoms with Gasteiger partial charge in [-0.1, -0.05) is 32.9 Å². The molecule has 0 aliphatic carbocycles. The maximum Gasteiger partial charge on any atom is 0.240 e. The number of benzene rings is 1. The van der Waals surface area contributed by atoms with Crippen molar-refractivity contribution < 1.29 is 8.42 Å². The van der Waals surface area contributed by atoms with Gasteiger partial charge in [-0.25, -0.2) is 13.1 Å². The van der Waals surface area contributed by atoms with Gasteiger partial charge in [0, 0.05) is 6.54 Å². The molecule has 1 aromatic carbocycles. The number of rotatable bonds is 6. The summed E-state index contributed by atoms with van der Waals surface area (Å²) in [6.07, 6.45) is 2.98. The first-order chi connectivity index (χ1) is 10.3. The highest BCUT2D eigenvalue weighted by atomic mass is 32.2. The molecule has 22 heavy (non-hydrogen) atoms. The monoisotopic (exact) mass is 324 g/mol. The van der Waals surface area contributed by atoms with Crippen LogP contribution in [0.1, 0.15) is 39.2 Å². The maximum atomic E-state index is 12.4. The van der Waals surface area contributed by atoms with Crippen LogP contribution in [0.3, 0.4) is 0 Å². The highest BCUT2D eigenvalue weighted by molar-refractivity contribution is 7.89. The Morgan fingerprint density at radius 3 is 2.32 bits per heavy atom. The van der Waals surface area contributed by atoms with E-state index in [-0.39, 0.29) is 5.41 Å². The first kappa shape index (κ1) is 17.4. The summed E-state index contributed by atoms with van der Waals surface area (Å²) in [7, 11) is -3.41. The third-order valence-corrected chi connectivity index (χ3v) is 5.79. The summed E-state index contributed by atoms with van der Waals surface area (Å²) in [6.45, 7) is 8.90. The first-order valence-electron chi connectivity index (χ1n) is 8.10. The zero-order chi connectivity index (χ0) is 16.2. The van der Waals surface area contributed by atoms with Gasteiger partial charge >= 0.3 is 0 Å². The smallest absolute Gasteiger partial charge is 0.240 e. The van der Waals surface area contributed by atoms with E-state index in [4.69, 9.17) is 0 Å². The summed E-state index contributed by atoms with van der Waals surface area (Å²) in [6, 6.07) is 7.26. The molecule has 0 spiro atoms. The van der Waals surface area contributed by atoms with Crippen LogP contribution in [0.15, 0.2) is 29.2 Å². The van der Waals surface area contributed by atoms with Crippen LogP contribution in [0.4, 0.5) is 0 Å². The summed E-state index contributed by atoms with van der Waals surface area (Å²) in [5, 5.41) is 3.31. The number of hydrogen-bond donors (Lipinski definition) is 2. The van der Waals surface area contributed by atoms with Gasteiger partial charge in [0.05, 0.1) is 4.90 Å². The molecule has 0 aromatic heterocycles. The largest absolute Gasteiger partial charge is 0.317 e. The third kappa shape index (κ3) is 4.80. The van der Waals surface area contributed by atoms with Crippen molar-refractivity contribution in [3.8, 4) is 0 Å². The fourth-order valence-electron chi connectivity index (χ4n) is 2.84. The highest BCUT2D eigenvalue weighted by Gasteiger charge is 2.28. The van der Waals surface area contributed by atoms with E-state index in [1.807, 2.05) is 12.1 Å². The Morgan fingerprint density at radius 2 is 1.77 bits per heavy atom. The Bertz CT molecular complexity index is 573. The minimum absolute atomic E-state index is 0.0515. The van der Waals surface area contributed by atoms with Crippen molar-refractivity contribution in [2.45, 2.75) is 44.9 Å². The number of piperidine rings is 1. The lowest BCUT2D eigenvalue weighted by atomic mass is 9.81. The predicted molar refractivity (Wildman–Crippen MR) is 90.4 cm³/mol. The van der Waals surface area contributed by atoms with Crippen molar-refractivity contribution in [1.82, 2.24) is 10.0 Å². The van der Waals surface area contributed by atoms with Gasteiger partial charge in [-0.05, 0) is 61.4 Å². The standard InChI is InChI=1S/C17H28N2O2S/c1-14(2)12-15-4-6-16(7-5-15)22(20,21)19-13-17(3)8-10-18-11-9-17/h4-7,14,18-19H,8-13H2,1-3H3. The van der Waals surface area contributed by atoms with E-state index in [0.717, 1.165) is 32.4 Å². The Hall–Kier alpha value is -0.910. The van der Waals surface area contributed by atoms with Crippen molar-refractivity contribution in [2.24, 2.45) is 11.3 Å². The van der Waals surface area contributed by atoms with E-state index in [1.165, 1.54) is 5.56 Å². The highest BCUT2D eigenvalue weighted by Crippen LogP contribution is 2.27. The Kier molecular flexibility index (Phi) is 5.64. The number of nitrogens with one attached hydrogen (secondary N) is 2. The van der Waals surface area contributed by atoms with E-state index in [2.05, 4.69) is 30.8 Å². The van der Waals surface area contributed by atoms with Gasteiger partial charge < -0.3 is 5.32 Å². The molecule has 1 fully saturated rings. The van der Waals surface area contributed by atoms with Crippen LogP contribution < -0.4 is 10.0 Å². The average molecular weight is 324 g/mol. The van der Waals surface area contributed by atoms with Gasteiger partial charge in [0.25, 0.3) is 0 Å². The molecule has 0 atom stereocenters. The molecule has 4 nitrogen and oxygen atoms in total. The van der Waals surface area contributed by atoms with E-state index >= 15 is 0 Å². The molecule has 1 heterocycles. The Balaban J connectivity index is 2.00. The van der Waals surface area contributed by atoms with Crippen LogP contribution in [0, 0.1) is 11.3 Å². The molecule has 0 saturated carbocycles. The molecule has 124 valence electrons. The van der Waals surface area contributed by atoms with Gasteiger partial charge in [-0.2, -0.15) is 0 Å². The normalized spacial score (nSPS) is 18.5. The zero-order valence-corrected chi connectivity index (χ0v) is 14.7. The summed E-state index contributed by atoms with van der Waals surface area (Å²) in [5.41, 5.74) is 1.23. The van der Waals surface area contributed by atoms with Crippen molar-refractivity contribution >= 4 is 10.0 Å². The quantitative estimate of drug-likeness (QED) is 0.845. The first-order valence-corrected chi connectivity index (χ1v) is 9.58. The number of hydrogen-bond acceptors (Lipinski definition) is 3. The molecule has 2 N–H and O–H groups in total. The van der Waals surface area contributed by atoms with Crippen LogP contribution in [0.5, 0.6) is 0 Å². The van der Waals surface area contributed by atoms with Crippen molar-refractivity contribution in [3.05, 3.63) is 29.8 Å². The lowest BCUT2D eigenvalue weighted by molar-refractivity contribution is 0.232. The van der Waals surface area contributed by atoms with E-state index in [0.29, 0.717) is 17.4 Å². The molecule has 1 aliphatic rings. The van der Waals surface area contributed by atoms with Crippen LogP contribution >= 0.6 is 0 Å². The van der Waals surface area contributed by atoms with Crippen LogP contribution in [-0.4, -0.2) is 28.1 Å². The molecule has 5 heteroatoms. The molecule has 1 aliphatic heterocycles. The zero-order valence-electron chi connectivity index (χ0n) is 13.9. The van der Waals surface area contributed by atoms with Crippen LogP contribution in [-0.2, 0) is 16.4 Å². The van der Waals surface area contributed by atoms with E-state index < -0.39 is 10.0 Å². The molecular weight excluding hydrogens is 296 g/mol. The molecule has 0 bridgehead atoms. The van der Waals surface area contributed by atoms with Gasteiger partial charge in [0.2, 0.25) is 10.0 Å². The summed E-state index contributed by atoms with van der Waals surface area (Å²) < 4.78 is 27.6.